The van der Waals surface area contributed by atoms with E-state index in [-0.39, 0.29) is 28.5 Å². The summed E-state index contributed by atoms with van der Waals surface area (Å²) in [5, 5.41) is 38.5. The average molecular weight is 708 g/mol. The summed E-state index contributed by atoms with van der Waals surface area (Å²) in [5.74, 6) is -2.06. The Morgan fingerprint density at radius 3 is 1.48 bits per heavy atom. The summed E-state index contributed by atoms with van der Waals surface area (Å²) in [5.41, 5.74) is 0.0788. The number of hydrogen-bond acceptors (Lipinski definition) is 5. The quantitative estimate of drug-likeness (QED) is 0.0658. The monoisotopic (exact) mass is 706 g/mol. The highest BCUT2D eigenvalue weighted by atomic mass is 79.9. The summed E-state index contributed by atoms with van der Waals surface area (Å²) in [4.78, 5) is 24.7. The zero-order valence-electron chi connectivity index (χ0n) is 26.1. The number of carbonyl (C=O) groups is 2. The first kappa shape index (κ1) is 36.6. The van der Waals surface area contributed by atoms with E-state index in [0.29, 0.717) is 19.5 Å². The van der Waals surface area contributed by atoms with Crippen LogP contribution in [0.2, 0.25) is 0 Å². The van der Waals surface area contributed by atoms with Crippen molar-refractivity contribution in [1.82, 2.24) is 10.6 Å². The lowest BCUT2D eigenvalue weighted by Crippen LogP contribution is -3.00. The Balaban J connectivity index is 0.00000576. The summed E-state index contributed by atoms with van der Waals surface area (Å²) in [6.45, 7) is 1.10. The Hall–Kier alpha value is -3.87. The van der Waals surface area contributed by atoms with Crippen LogP contribution < -0.4 is 43.5 Å². The van der Waals surface area contributed by atoms with Crippen molar-refractivity contribution in [3.8, 4) is 17.2 Å². The molecule has 0 heterocycles. The van der Waals surface area contributed by atoms with Crippen LogP contribution in [0.1, 0.15) is 61.7 Å². The second kappa shape index (κ2) is 18.9. The number of hydrogen-bond donors (Lipinski definition) is 5. The molecule has 0 bridgehead atoms. The molecule has 5 N–H and O–H groups in total. The zero-order valence-corrected chi connectivity index (χ0v) is 28.6. The second-order valence-electron chi connectivity index (χ2n) is 11.2. The summed E-state index contributed by atoms with van der Waals surface area (Å²) in [6.07, 6.45) is 7.97. The number of phenolic OH excluding ortho intramolecular Hbond substituents is 3. The van der Waals surface area contributed by atoms with Crippen LogP contribution in [0.5, 0.6) is 17.2 Å². The van der Waals surface area contributed by atoms with Crippen molar-refractivity contribution >= 4 is 35.0 Å². The third kappa shape index (κ3) is 10.1. The fraction of sp³-hybridized carbons (Fsp3) is 0.297. The molecule has 0 unspecified atom stereocenters. The standard InChI is InChI=1S/C37H43N2O5P.BrH/c40-33-27-29(28-34(41)36(33)43)37(44)39-25-15-2-1-14-24-38-35(42)23-13-6-16-26-45(30-17-7-3-8-18-30,31-19-9-4-10-20-31)32-21-11-5-12-22-32;/h3-5,7-12,17-22,27-28H,1-2,6,13-16,23-26H2,(H4-,38,39,40,41,42,43,44);1H. The minimum Gasteiger partial charge on any atom is -1.00 e. The number of rotatable bonds is 17. The molecule has 7 nitrogen and oxygen atoms in total. The summed E-state index contributed by atoms with van der Waals surface area (Å²) >= 11 is 0. The first-order valence-electron chi connectivity index (χ1n) is 15.8. The molecule has 4 aromatic carbocycles. The first-order valence-corrected chi connectivity index (χ1v) is 17.7. The summed E-state index contributed by atoms with van der Waals surface area (Å²) in [7, 11) is -1.83. The summed E-state index contributed by atoms with van der Waals surface area (Å²) < 4.78 is 0. The number of halogens is 1. The van der Waals surface area contributed by atoms with E-state index in [1.165, 1.54) is 15.9 Å². The Kier molecular flexibility index (Phi) is 15.1. The van der Waals surface area contributed by atoms with Gasteiger partial charge in [0.05, 0.1) is 6.16 Å². The molecule has 4 aromatic rings. The fourth-order valence-corrected chi connectivity index (χ4v) is 10.1. The maximum Gasteiger partial charge on any atom is 0.251 e. The van der Waals surface area contributed by atoms with E-state index in [1.54, 1.807) is 0 Å². The van der Waals surface area contributed by atoms with Gasteiger partial charge in [-0.2, -0.15) is 0 Å². The minimum atomic E-state index is -1.83. The molecule has 0 fully saturated rings. The Bertz CT molecular complexity index is 1390. The van der Waals surface area contributed by atoms with Crippen LogP contribution in [-0.2, 0) is 4.79 Å². The van der Waals surface area contributed by atoms with Gasteiger partial charge in [0.2, 0.25) is 5.91 Å². The SMILES string of the molecule is O=C(CCCCC[P+](c1ccccc1)(c1ccccc1)c1ccccc1)NCCCCCCNC(=O)c1cc(O)c(O)c(O)c1.[Br-]. The maximum atomic E-state index is 12.5. The largest absolute Gasteiger partial charge is 1.00 e. The Labute approximate surface area is 283 Å². The van der Waals surface area contributed by atoms with Gasteiger partial charge in [-0.1, -0.05) is 67.4 Å². The molecule has 0 saturated carbocycles. The van der Waals surface area contributed by atoms with E-state index >= 15 is 0 Å². The molecule has 0 aromatic heterocycles. The van der Waals surface area contributed by atoms with Gasteiger partial charge in [-0.25, -0.2) is 0 Å². The number of amides is 2. The number of aromatic hydroxyl groups is 3. The van der Waals surface area contributed by atoms with Gasteiger partial charge in [0.25, 0.3) is 5.91 Å². The predicted octanol–water partition coefficient (Wildman–Crippen LogP) is 2.77. The molecular weight excluding hydrogens is 663 g/mol. The van der Waals surface area contributed by atoms with Crippen molar-refractivity contribution in [1.29, 1.82) is 0 Å². The fourth-order valence-electron chi connectivity index (χ4n) is 5.65. The van der Waals surface area contributed by atoms with Crippen molar-refractivity contribution in [2.45, 2.75) is 51.4 Å². The van der Waals surface area contributed by atoms with Gasteiger partial charge in [0.1, 0.15) is 23.2 Å². The normalized spacial score (nSPS) is 11.0. The van der Waals surface area contributed by atoms with Crippen LogP contribution >= 0.6 is 7.26 Å². The van der Waals surface area contributed by atoms with Crippen LogP contribution in [-0.4, -0.2) is 46.4 Å². The van der Waals surface area contributed by atoms with E-state index in [0.717, 1.165) is 63.2 Å². The number of nitrogens with one attached hydrogen (secondary N) is 2. The minimum absolute atomic E-state index is 0. The third-order valence-electron chi connectivity index (χ3n) is 8.03. The number of unbranched alkanes of at least 4 members (excludes halogenated alkanes) is 5. The molecule has 4 rings (SSSR count). The topological polar surface area (TPSA) is 119 Å². The van der Waals surface area contributed by atoms with Crippen molar-refractivity contribution in [3.63, 3.8) is 0 Å². The van der Waals surface area contributed by atoms with E-state index in [4.69, 9.17) is 0 Å². The molecule has 0 aliphatic rings. The van der Waals surface area contributed by atoms with Gasteiger partial charge in [-0.05, 0) is 80.6 Å². The highest BCUT2D eigenvalue weighted by Gasteiger charge is 2.44. The smallest absolute Gasteiger partial charge is 0.251 e. The molecule has 0 aliphatic heterocycles. The highest BCUT2D eigenvalue weighted by molar-refractivity contribution is 7.95. The van der Waals surface area contributed by atoms with E-state index in [1.807, 2.05) is 0 Å². The van der Waals surface area contributed by atoms with E-state index < -0.39 is 30.4 Å². The van der Waals surface area contributed by atoms with Crippen LogP contribution in [0, 0.1) is 0 Å². The predicted molar refractivity (Wildman–Crippen MR) is 184 cm³/mol. The van der Waals surface area contributed by atoms with E-state index in [9.17, 15) is 24.9 Å². The third-order valence-corrected chi connectivity index (χ3v) is 12.6. The lowest BCUT2D eigenvalue weighted by Gasteiger charge is -2.27. The summed E-state index contributed by atoms with van der Waals surface area (Å²) in [6, 6.07) is 34.9. The molecule has 0 aliphatic carbocycles. The van der Waals surface area contributed by atoms with Gasteiger partial charge in [0.15, 0.2) is 17.2 Å². The van der Waals surface area contributed by atoms with Gasteiger partial charge < -0.3 is 42.9 Å². The van der Waals surface area contributed by atoms with Crippen molar-refractivity contribution in [2.75, 3.05) is 19.3 Å². The molecule has 0 spiro atoms. The van der Waals surface area contributed by atoms with Crippen molar-refractivity contribution < 1.29 is 41.9 Å². The highest BCUT2D eigenvalue weighted by Crippen LogP contribution is 2.56. The lowest BCUT2D eigenvalue weighted by molar-refractivity contribution is -0.121. The van der Waals surface area contributed by atoms with Crippen LogP contribution in [0.4, 0.5) is 0 Å². The lowest BCUT2D eigenvalue weighted by atomic mass is 10.1. The number of benzene rings is 4. The molecule has 2 amide bonds. The van der Waals surface area contributed by atoms with Gasteiger partial charge in [-0.15, -0.1) is 0 Å². The van der Waals surface area contributed by atoms with E-state index in [2.05, 4.69) is 102 Å². The maximum absolute atomic E-state index is 12.5. The molecule has 9 heteroatoms. The molecular formula is C37H44BrN2O5P. The number of carbonyl (C=O) groups excluding carboxylic acids is 2. The number of phenols is 3. The molecule has 0 radical (unpaired) electrons. The Morgan fingerprint density at radius 1 is 0.565 bits per heavy atom. The van der Waals surface area contributed by atoms with Crippen molar-refractivity contribution in [3.05, 3.63) is 109 Å². The molecule has 46 heavy (non-hydrogen) atoms. The van der Waals surface area contributed by atoms with Crippen LogP contribution in [0.25, 0.3) is 0 Å². The zero-order chi connectivity index (χ0) is 31.9. The molecule has 0 atom stereocenters. The van der Waals surface area contributed by atoms with Crippen LogP contribution in [0.15, 0.2) is 103 Å². The first-order chi connectivity index (χ1) is 21.9. The second-order valence-corrected chi connectivity index (χ2v) is 14.8. The van der Waals surface area contributed by atoms with Gasteiger partial charge in [-0.3, -0.25) is 9.59 Å². The van der Waals surface area contributed by atoms with Crippen LogP contribution in [0.3, 0.4) is 0 Å². The van der Waals surface area contributed by atoms with Gasteiger partial charge in [0, 0.05) is 25.1 Å². The Morgan fingerprint density at radius 2 is 1.00 bits per heavy atom. The molecule has 244 valence electrons. The average Bonchev–Trinajstić information content (AvgIpc) is 3.07. The molecule has 0 saturated heterocycles. The van der Waals surface area contributed by atoms with Gasteiger partial charge >= 0.3 is 0 Å². The van der Waals surface area contributed by atoms with Crippen molar-refractivity contribution in [2.24, 2.45) is 0 Å².